The van der Waals surface area contributed by atoms with Gasteiger partial charge < -0.3 is 0 Å². The maximum absolute atomic E-state index is 11.8. The van der Waals surface area contributed by atoms with E-state index in [9.17, 15) is 9.59 Å². The highest BCUT2D eigenvalue weighted by molar-refractivity contribution is 6.23. The van der Waals surface area contributed by atoms with Crippen LogP contribution in [-0.4, -0.2) is 11.9 Å². The highest BCUT2D eigenvalue weighted by atomic mass is 16.2. The Bertz CT molecular complexity index is 686. The number of rotatable bonds is 1. The fraction of sp³-hybridized carbons (Fsp3) is 0. The van der Waals surface area contributed by atoms with Crippen molar-refractivity contribution in [1.82, 2.24) is 5.32 Å². The van der Waals surface area contributed by atoms with Gasteiger partial charge in [0, 0.05) is 5.39 Å². The first-order valence-corrected chi connectivity index (χ1v) is 5.50. The van der Waals surface area contributed by atoms with Crippen molar-refractivity contribution in [2.75, 3.05) is 4.90 Å². The van der Waals surface area contributed by atoms with E-state index in [1.54, 1.807) is 6.07 Å². The van der Waals surface area contributed by atoms with Gasteiger partial charge in [-0.1, -0.05) is 43.0 Å². The second-order valence-corrected chi connectivity index (χ2v) is 4.04. The molecule has 1 fully saturated rings. The molecule has 1 N–H and O–H groups in total. The summed E-state index contributed by atoms with van der Waals surface area (Å²) >= 11 is 0. The van der Waals surface area contributed by atoms with E-state index in [-0.39, 0.29) is 5.70 Å². The molecule has 3 amide bonds. The van der Waals surface area contributed by atoms with E-state index in [0.717, 1.165) is 10.8 Å². The number of benzene rings is 2. The van der Waals surface area contributed by atoms with Crippen LogP contribution < -0.4 is 10.2 Å². The summed E-state index contributed by atoms with van der Waals surface area (Å²) < 4.78 is 0. The Labute approximate surface area is 104 Å². The van der Waals surface area contributed by atoms with Crippen molar-refractivity contribution in [3.05, 3.63) is 54.7 Å². The first-order valence-electron chi connectivity index (χ1n) is 5.50. The molecule has 2 aromatic carbocycles. The number of amides is 3. The Kier molecular flexibility index (Phi) is 2.16. The van der Waals surface area contributed by atoms with Crippen molar-refractivity contribution >= 4 is 28.4 Å². The number of urea groups is 1. The van der Waals surface area contributed by atoms with Crippen LogP contribution in [0.15, 0.2) is 54.7 Å². The summed E-state index contributed by atoms with van der Waals surface area (Å²) in [6.45, 7) is 3.64. The molecule has 1 aliphatic heterocycles. The third-order valence-electron chi connectivity index (χ3n) is 2.96. The number of nitrogens with zero attached hydrogens (tertiary/aromatic N) is 1. The molecule has 0 aromatic heterocycles. The van der Waals surface area contributed by atoms with Gasteiger partial charge in [-0.05, 0) is 11.5 Å². The Balaban J connectivity index is 2.24. The average Bonchev–Trinajstić information content (AvgIpc) is 2.63. The van der Waals surface area contributed by atoms with Gasteiger partial charge in [-0.3, -0.25) is 15.0 Å². The van der Waals surface area contributed by atoms with E-state index < -0.39 is 11.9 Å². The molecule has 0 saturated carbocycles. The third-order valence-corrected chi connectivity index (χ3v) is 2.96. The van der Waals surface area contributed by atoms with Gasteiger partial charge in [0.05, 0.1) is 5.69 Å². The number of nitrogens with one attached hydrogen (secondary N) is 1. The van der Waals surface area contributed by atoms with Crippen LogP contribution in [0.1, 0.15) is 0 Å². The molecule has 0 atom stereocenters. The molecule has 2 aromatic rings. The van der Waals surface area contributed by atoms with Crippen molar-refractivity contribution in [1.29, 1.82) is 0 Å². The zero-order valence-corrected chi connectivity index (χ0v) is 9.51. The Morgan fingerprint density at radius 1 is 1.00 bits per heavy atom. The summed E-state index contributed by atoms with van der Waals surface area (Å²) in [5.74, 6) is -0.451. The van der Waals surface area contributed by atoms with Crippen molar-refractivity contribution in [3.63, 3.8) is 0 Å². The second kappa shape index (κ2) is 3.70. The minimum atomic E-state index is -0.457. The van der Waals surface area contributed by atoms with Crippen molar-refractivity contribution in [3.8, 4) is 0 Å². The Morgan fingerprint density at radius 2 is 1.72 bits per heavy atom. The first-order chi connectivity index (χ1) is 8.68. The van der Waals surface area contributed by atoms with E-state index >= 15 is 0 Å². The van der Waals surface area contributed by atoms with E-state index in [1.807, 2.05) is 36.4 Å². The SMILES string of the molecule is C=C1C(=O)NC(=O)N1c1cccc2ccccc12. The molecule has 0 spiro atoms. The van der Waals surface area contributed by atoms with Gasteiger partial charge in [0.25, 0.3) is 5.91 Å². The summed E-state index contributed by atoms with van der Waals surface area (Å²) in [6.07, 6.45) is 0. The summed E-state index contributed by atoms with van der Waals surface area (Å²) in [5.41, 5.74) is 0.817. The fourth-order valence-corrected chi connectivity index (χ4v) is 2.11. The van der Waals surface area contributed by atoms with Crippen LogP contribution in [0.4, 0.5) is 10.5 Å². The highest BCUT2D eigenvalue weighted by Crippen LogP contribution is 2.30. The zero-order chi connectivity index (χ0) is 12.7. The average molecular weight is 238 g/mol. The lowest BCUT2D eigenvalue weighted by molar-refractivity contribution is -0.115. The van der Waals surface area contributed by atoms with E-state index in [1.165, 1.54) is 4.90 Å². The predicted molar refractivity (Wildman–Crippen MR) is 69.1 cm³/mol. The summed E-state index contributed by atoms with van der Waals surface area (Å²) in [7, 11) is 0. The van der Waals surface area contributed by atoms with Crippen molar-refractivity contribution < 1.29 is 9.59 Å². The largest absolute Gasteiger partial charge is 0.333 e. The summed E-state index contributed by atoms with van der Waals surface area (Å²) in [4.78, 5) is 24.5. The molecule has 18 heavy (non-hydrogen) atoms. The van der Waals surface area contributed by atoms with Gasteiger partial charge in [0.1, 0.15) is 5.70 Å². The molecule has 0 radical (unpaired) electrons. The van der Waals surface area contributed by atoms with Crippen LogP contribution in [0, 0.1) is 0 Å². The molecule has 0 bridgehead atoms. The maximum atomic E-state index is 11.8. The Morgan fingerprint density at radius 3 is 2.44 bits per heavy atom. The normalized spacial score (nSPS) is 15.3. The molecule has 1 saturated heterocycles. The number of carbonyl (C=O) groups excluding carboxylic acids is 2. The number of hydrogen-bond acceptors (Lipinski definition) is 2. The number of imide groups is 1. The smallest absolute Gasteiger partial charge is 0.272 e. The minimum absolute atomic E-state index is 0.149. The van der Waals surface area contributed by atoms with E-state index in [2.05, 4.69) is 11.9 Å². The summed E-state index contributed by atoms with van der Waals surface area (Å²) in [5, 5.41) is 4.15. The van der Waals surface area contributed by atoms with Crippen LogP contribution in [0.5, 0.6) is 0 Å². The number of fused-ring (bicyclic) bond motifs is 1. The lowest BCUT2D eigenvalue weighted by Crippen LogP contribution is -2.27. The molecule has 4 nitrogen and oxygen atoms in total. The maximum Gasteiger partial charge on any atom is 0.333 e. The van der Waals surface area contributed by atoms with Gasteiger partial charge in [-0.25, -0.2) is 4.79 Å². The van der Waals surface area contributed by atoms with Crippen molar-refractivity contribution in [2.24, 2.45) is 0 Å². The van der Waals surface area contributed by atoms with E-state index in [4.69, 9.17) is 0 Å². The molecule has 4 heteroatoms. The van der Waals surface area contributed by atoms with Crippen LogP contribution in [0.25, 0.3) is 10.8 Å². The quantitative estimate of drug-likeness (QED) is 0.612. The second-order valence-electron chi connectivity index (χ2n) is 4.04. The zero-order valence-electron chi connectivity index (χ0n) is 9.51. The lowest BCUT2D eigenvalue weighted by Gasteiger charge is -2.16. The highest BCUT2D eigenvalue weighted by Gasteiger charge is 2.33. The van der Waals surface area contributed by atoms with Crippen LogP contribution in [0.2, 0.25) is 0 Å². The third kappa shape index (κ3) is 1.39. The molecular weight excluding hydrogens is 228 g/mol. The molecule has 88 valence electrons. The molecular formula is C14H10N2O2. The van der Waals surface area contributed by atoms with Crippen molar-refractivity contribution in [2.45, 2.75) is 0 Å². The van der Waals surface area contributed by atoms with Crippen LogP contribution >= 0.6 is 0 Å². The van der Waals surface area contributed by atoms with Gasteiger partial charge >= 0.3 is 6.03 Å². The van der Waals surface area contributed by atoms with Crippen LogP contribution in [-0.2, 0) is 4.79 Å². The summed E-state index contributed by atoms with van der Waals surface area (Å²) in [6, 6.07) is 12.8. The topological polar surface area (TPSA) is 49.4 Å². The van der Waals surface area contributed by atoms with Gasteiger partial charge in [0.15, 0.2) is 0 Å². The minimum Gasteiger partial charge on any atom is -0.272 e. The fourth-order valence-electron chi connectivity index (χ4n) is 2.11. The van der Waals surface area contributed by atoms with E-state index in [0.29, 0.717) is 5.69 Å². The molecule has 0 unspecified atom stereocenters. The lowest BCUT2D eigenvalue weighted by atomic mass is 10.1. The predicted octanol–water partition coefficient (Wildman–Crippen LogP) is 2.41. The molecule has 3 rings (SSSR count). The molecule has 0 aliphatic carbocycles. The Hall–Kier alpha value is -2.62. The standard InChI is InChI=1S/C14H10N2O2/c1-9-13(17)15-14(18)16(9)12-8-4-6-10-5-2-3-7-11(10)12/h2-8H,1H2,(H,15,17,18). The monoisotopic (exact) mass is 238 g/mol. The number of hydrogen-bond donors (Lipinski definition) is 1. The van der Waals surface area contributed by atoms with Gasteiger partial charge in [0.2, 0.25) is 0 Å². The number of carbonyl (C=O) groups is 2. The molecule has 1 aliphatic rings. The van der Waals surface area contributed by atoms with Gasteiger partial charge in [-0.15, -0.1) is 0 Å². The first kappa shape index (κ1) is 10.5. The molecule has 1 heterocycles. The van der Waals surface area contributed by atoms with Crippen LogP contribution in [0.3, 0.4) is 0 Å². The van der Waals surface area contributed by atoms with Gasteiger partial charge in [-0.2, -0.15) is 0 Å². The number of anilines is 1.